The average Bonchev–Trinajstić information content (AvgIpc) is 3.14. The minimum atomic E-state index is -0.267. The summed E-state index contributed by atoms with van der Waals surface area (Å²) < 4.78 is 0. The number of aromatic hydroxyl groups is 6. The van der Waals surface area contributed by atoms with Crippen LogP contribution in [-0.2, 0) is 0 Å². The zero-order valence-corrected chi connectivity index (χ0v) is 15.7. The van der Waals surface area contributed by atoms with Crippen LogP contribution in [0.2, 0.25) is 0 Å². The molecule has 6 nitrogen and oxygen atoms in total. The summed E-state index contributed by atoms with van der Waals surface area (Å²) in [5.41, 5.74) is 2.66. The molecule has 0 fully saturated rings. The molecule has 0 aliphatic carbocycles. The highest BCUT2D eigenvalue weighted by molar-refractivity contribution is 7.19. The Morgan fingerprint density at radius 3 is 1.45 bits per heavy atom. The lowest BCUT2D eigenvalue weighted by molar-refractivity contribution is 0.404. The molecule has 4 rings (SSSR count). The summed E-state index contributed by atoms with van der Waals surface area (Å²) in [5.74, 6) is -1.48. The molecular formula is C22H16O6S. The summed E-state index contributed by atoms with van der Waals surface area (Å²) in [7, 11) is 0. The average molecular weight is 408 g/mol. The Kier molecular flexibility index (Phi) is 4.44. The van der Waals surface area contributed by atoms with E-state index in [0.717, 1.165) is 15.3 Å². The predicted octanol–water partition coefficient (Wildman–Crippen LogP) is 4.98. The molecule has 0 aliphatic rings. The van der Waals surface area contributed by atoms with Crippen LogP contribution >= 0.6 is 11.3 Å². The number of phenolic OH excluding ortho intramolecular Hbond substituents is 6. The van der Waals surface area contributed by atoms with Gasteiger partial charge < -0.3 is 30.6 Å². The summed E-state index contributed by atoms with van der Waals surface area (Å²) in [6, 6.07) is 15.3. The lowest BCUT2D eigenvalue weighted by Crippen LogP contribution is -1.80. The van der Waals surface area contributed by atoms with Crippen LogP contribution in [0.3, 0.4) is 0 Å². The Hall–Kier alpha value is -3.84. The van der Waals surface area contributed by atoms with Crippen LogP contribution in [0.15, 0.2) is 60.7 Å². The maximum atomic E-state index is 9.91. The highest BCUT2D eigenvalue weighted by atomic mass is 32.1. The van der Waals surface area contributed by atoms with E-state index in [4.69, 9.17) is 0 Å². The zero-order chi connectivity index (χ0) is 20.7. The lowest BCUT2D eigenvalue weighted by Gasteiger charge is -2.07. The minimum absolute atomic E-state index is 0.224. The first kappa shape index (κ1) is 18.5. The van der Waals surface area contributed by atoms with Crippen LogP contribution in [0.4, 0.5) is 0 Å². The van der Waals surface area contributed by atoms with E-state index >= 15 is 0 Å². The number of thiophene rings is 1. The molecule has 0 radical (unpaired) electrons. The van der Waals surface area contributed by atoms with Crippen molar-refractivity contribution in [3.63, 3.8) is 0 Å². The van der Waals surface area contributed by atoms with Crippen molar-refractivity contribution in [1.29, 1.82) is 0 Å². The molecule has 0 atom stereocenters. The van der Waals surface area contributed by atoms with E-state index in [0.29, 0.717) is 16.7 Å². The minimum Gasteiger partial charge on any atom is -0.504 e. The van der Waals surface area contributed by atoms with E-state index in [-0.39, 0.29) is 34.5 Å². The van der Waals surface area contributed by atoms with Crippen molar-refractivity contribution in [2.45, 2.75) is 0 Å². The standard InChI is InChI=1S/C22H16O6S/c23-15-4-1-11(7-18(15)26)14-10-21(12-2-5-16(24)19(27)8-12)29-22(14)13-3-6-17(25)20(28)9-13/h1-10,23-28H. The number of hydrogen-bond acceptors (Lipinski definition) is 7. The van der Waals surface area contributed by atoms with Crippen LogP contribution in [0.5, 0.6) is 34.5 Å². The first-order valence-electron chi connectivity index (χ1n) is 8.54. The van der Waals surface area contributed by atoms with Crippen molar-refractivity contribution in [3.05, 3.63) is 60.7 Å². The number of hydrogen-bond donors (Lipinski definition) is 6. The number of phenols is 6. The molecular weight excluding hydrogens is 392 g/mol. The predicted molar refractivity (Wildman–Crippen MR) is 111 cm³/mol. The van der Waals surface area contributed by atoms with Gasteiger partial charge in [0.05, 0.1) is 0 Å². The summed E-state index contributed by atoms with van der Waals surface area (Å²) in [5, 5.41) is 58.5. The van der Waals surface area contributed by atoms with Gasteiger partial charge in [-0.1, -0.05) is 6.07 Å². The molecule has 0 spiro atoms. The van der Waals surface area contributed by atoms with E-state index in [1.54, 1.807) is 18.2 Å². The first-order chi connectivity index (χ1) is 13.8. The molecule has 0 amide bonds. The van der Waals surface area contributed by atoms with Gasteiger partial charge in [-0.3, -0.25) is 0 Å². The van der Waals surface area contributed by atoms with Crippen LogP contribution < -0.4 is 0 Å². The van der Waals surface area contributed by atoms with Gasteiger partial charge in [0.25, 0.3) is 0 Å². The van der Waals surface area contributed by atoms with Crippen molar-refractivity contribution >= 4 is 11.3 Å². The van der Waals surface area contributed by atoms with E-state index < -0.39 is 0 Å². The molecule has 29 heavy (non-hydrogen) atoms. The SMILES string of the molecule is Oc1ccc(-c2cc(-c3ccc(O)c(O)c3)c(-c3ccc(O)c(O)c3)s2)cc1O. The number of rotatable bonds is 3. The fourth-order valence-corrected chi connectivity index (χ4v) is 4.17. The van der Waals surface area contributed by atoms with Gasteiger partial charge in [-0.2, -0.15) is 0 Å². The normalized spacial score (nSPS) is 10.9. The second-order valence-electron chi connectivity index (χ2n) is 6.46. The third-order valence-electron chi connectivity index (χ3n) is 4.52. The van der Waals surface area contributed by atoms with Gasteiger partial charge >= 0.3 is 0 Å². The molecule has 146 valence electrons. The molecule has 1 heterocycles. The summed E-state index contributed by atoms with van der Waals surface area (Å²) in [6.07, 6.45) is 0. The third kappa shape index (κ3) is 3.39. The molecule has 7 heteroatoms. The highest BCUT2D eigenvalue weighted by Gasteiger charge is 2.17. The van der Waals surface area contributed by atoms with Crippen LogP contribution in [-0.4, -0.2) is 30.6 Å². The number of benzene rings is 3. The van der Waals surface area contributed by atoms with Gasteiger partial charge in [-0.25, -0.2) is 0 Å². The Bertz CT molecular complexity index is 1160. The van der Waals surface area contributed by atoms with E-state index in [2.05, 4.69) is 0 Å². The van der Waals surface area contributed by atoms with E-state index in [9.17, 15) is 30.6 Å². The quantitative estimate of drug-likeness (QED) is 0.266. The third-order valence-corrected chi connectivity index (χ3v) is 5.75. The van der Waals surface area contributed by atoms with Crippen molar-refractivity contribution in [1.82, 2.24) is 0 Å². The zero-order valence-electron chi connectivity index (χ0n) is 14.9. The Morgan fingerprint density at radius 2 is 0.897 bits per heavy atom. The molecule has 0 saturated carbocycles. The summed E-state index contributed by atoms with van der Waals surface area (Å²) >= 11 is 1.37. The summed E-state index contributed by atoms with van der Waals surface area (Å²) in [4.78, 5) is 1.51. The second-order valence-corrected chi connectivity index (χ2v) is 7.52. The van der Waals surface area contributed by atoms with Gasteiger partial charge in [0.2, 0.25) is 0 Å². The van der Waals surface area contributed by atoms with Crippen LogP contribution in [0.25, 0.3) is 32.0 Å². The topological polar surface area (TPSA) is 121 Å². The monoisotopic (exact) mass is 408 g/mol. The lowest BCUT2D eigenvalue weighted by atomic mass is 10.0. The van der Waals surface area contributed by atoms with Gasteiger partial charge in [-0.05, 0) is 71.3 Å². The molecule has 3 aromatic carbocycles. The van der Waals surface area contributed by atoms with Crippen LogP contribution in [0.1, 0.15) is 0 Å². The van der Waals surface area contributed by atoms with Crippen LogP contribution in [0, 0.1) is 0 Å². The Balaban J connectivity index is 1.93. The van der Waals surface area contributed by atoms with Gasteiger partial charge in [-0.15, -0.1) is 11.3 Å². The smallest absolute Gasteiger partial charge is 0.158 e. The molecule has 4 aromatic rings. The van der Waals surface area contributed by atoms with Crippen molar-refractivity contribution < 1.29 is 30.6 Å². The van der Waals surface area contributed by atoms with Crippen molar-refractivity contribution in [2.75, 3.05) is 0 Å². The largest absolute Gasteiger partial charge is 0.504 e. The van der Waals surface area contributed by atoms with Gasteiger partial charge in [0.1, 0.15) is 0 Å². The molecule has 6 N–H and O–H groups in total. The molecule has 0 saturated heterocycles. The Labute approximate surface area is 169 Å². The molecule has 1 aromatic heterocycles. The maximum absolute atomic E-state index is 9.91. The highest BCUT2D eigenvalue weighted by Crippen LogP contribution is 2.46. The van der Waals surface area contributed by atoms with Crippen molar-refractivity contribution in [2.24, 2.45) is 0 Å². The molecule has 0 unspecified atom stereocenters. The van der Waals surface area contributed by atoms with Gasteiger partial charge in [0.15, 0.2) is 34.5 Å². The summed E-state index contributed by atoms with van der Waals surface area (Å²) in [6.45, 7) is 0. The van der Waals surface area contributed by atoms with E-state index in [1.807, 2.05) is 6.07 Å². The molecule has 0 aliphatic heterocycles. The maximum Gasteiger partial charge on any atom is 0.158 e. The Morgan fingerprint density at radius 1 is 0.448 bits per heavy atom. The van der Waals surface area contributed by atoms with Crippen molar-refractivity contribution in [3.8, 4) is 66.5 Å². The molecule has 0 bridgehead atoms. The van der Waals surface area contributed by atoms with Gasteiger partial charge in [0, 0.05) is 15.3 Å². The second kappa shape index (κ2) is 6.96. The fraction of sp³-hybridized carbons (Fsp3) is 0. The fourth-order valence-electron chi connectivity index (χ4n) is 2.99. The first-order valence-corrected chi connectivity index (χ1v) is 9.36. The van der Waals surface area contributed by atoms with E-state index in [1.165, 1.54) is 47.7 Å².